The van der Waals surface area contributed by atoms with Crippen LogP contribution in [0.3, 0.4) is 0 Å². The Morgan fingerprint density at radius 2 is 1.82 bits per heavy atom. The fourth-order valence-corrected chi connectivity index (χ4v) is 4.64. The van der Waals surface area contributed by atoms with Gasteiger partial charge in [-0.05, 0) is 68.1 Å². The standard InChI is InChI=1S/C22H31FN2O3/c23-14-17(15-24)16-28-19-4-2-18(3-5-19)21-6-9-22(10-7-21,11-8-21)20(27)25-12-1-13-26/h2-5,14,26H,1,6-13,15-16,24H2,(H,25,27). The topological polar surface area (TPSA) is 84.6 Å². The molecule has 0 radical (unpaired) electrons. The van der Waals surface area contributed by atoms with Gasteiger partial charge in [0.25, 0.3) is 0 Å². The molecule has 1 amide bonds. The summed E-state index contributed by atoms with van der Waals surface area (Å²) in [5.74, 6) is 0.867. The van der Waals surface area contributed by atoms with Crippen LogP contribution < -0.4 is 15.8 Å². The summed E-state index contributed by atoms with van der Waals surface area (Å²) in [6.45, 7) is 0.958. The lowest BCUT2D eigenvalue weighted by Crippen LogP contribution is -2.51. The third-order valence-corrected chi connectivity index (χ3v) is 6.66. The van der Waals surface area contributed by atoms with Crippen molar-refractivity contribution in [3.8, 4) is 5.75 Å². The van der Waals surface area contributed by atoms with Gasteiger partial charge >= 0.3 is 0 Å². The van der Waals surface area contributed by atoms with E-state index in [9.17, 15) is 9.18 Å². The van der Waals surface area contributed by atoms with Crippen LogP contribution in [0, 0.1) is 5.41 Å². The molecule has 28 heavy (non-hydrogen) atoms. The highest BCUT2D eigenvalue weighted by molar-refractivity contribution is 5.83. The van der Waals surface area contributed by atoms with Crippen LogP contribution in [0.4, 0.5) is 4.39 Å². The number of amides is 1. The minimum absolute atomic E-state index is 0.105. The van der Waals surface area contributed by atoms with E-state index in [0.29, 0.717) is 30.6 Å². The maximum absolute atomic E-state index is 12.7. The summed E-state index contributed by atoms with van der Waals surface area (Å²) in [4.78, 5) is 12.7. The molecule has 6 heteroatoms. The van der Waals surface area contributed by atoms with Crippen molar-refractivity contribution in [2.75, 3.05) is 26.3 Å². The van der Waals surface area contributed by atoms with Crippen LogP contribution >= 0.6 is 0 Å². The second-order valence-electron chi connectivity index (χ2n) is 8.18. The molecule has 3 fully saturated rings. The van der Waals surface area contributed by atoms with Gasteiger partial charge in [-0.15, -0.1) is 0 Å². The maximum atomic E-state index is 12.7. The van der Waals surface area contributed by atoms with Gasteiger partial charge in [0, 0.05) is 30.7 Å². The molecule has 0 aromatic heterocycles. The Morgan fingerprint density at radius 3 is 2.36 bits per heavy atom. The van der Waals surface area contributed by atoms with E-state index >= 15 is 0 Å². The molecule has 1 aromatic rings. The van der Waals surface area contributed by atoms with Gasteiger partial charge in [0.15, 0.2) is 0 Å². The van der Waals surface area contributed by atoms with Gasteiger partial charge in [0.05, 0.1) is 6.33 Å². The van der Waals surface area contributed by atoms with Crippen molar-refractivity contribution in [1.82, 2.24) is 5.32 Å². The first-order valence-corrected chi connectivity index (χ1v) is 10.2. The number of fused-ring (bicyclic) bond motifs is 3. The number of benzene rings is 1. The normalized spacial score (nSPS) is 26.9. The predicted molar refractivity (Wildman–Crippen MR) is 107 cm³/mol. The number of nitrogens with one attached hydrogen (secondary N) is 1. The summed E-state index contributed by atoms with van der Waals surface area (Å²) >= 11 is 0. The van der Waals surface area contributed by atoms with E-state index in [1.165, 1.54) is 5.56 Å². The van der Waals surface area contributed by atoms with Crippen LogP contribution in [0.2, 0.25) is 0 Å². The third kappa shape index (κ3) is 4.23. The van der Waals surface area contributed by atoms with Gasteiger partial charge in [-0.25, -0.2) is 4.39 Å². The summed E-state index contributed by atoms with van der Waals surface area (Å²) in [6, 6.07) is 8.09. The minimum Gasteiger partial charge on any atom is -0.489 e. The van der Waals surface area contributed by atoms with Gasteiger partial charge < -0.3 is 20.9 Å². The number of halogens is 1. The Labute approximate surface area is 166 Å². The van der Waals surface area contributed by atoms with Crippen molar-refractivity contribution in [3.63, 3.8) is 0 Å². The molecule has 0 aliphatic heterocycles. The van der Waals surface area contributed by atoms with Crippen LogP contribution in [-0.4, -0.2) is 37.3 Å². The predicted octanol–water partition coefficient (Wildman–Crippen LogP) is 2.97. The third-order valence-electron chi connectivity index (χ3n) is 6.66. The SMILES string of the molecule is NCC(=CF)COc1ccc(C23CCC(C(=O)NCCCO)(CC2)CC3)cc1. The second-order valence-corrected chi connectivity index (χ2v) is 8.18. The monoisotopic (exact) mass is 390 g/mol. The molecule has 0 unspecified atom stereocenters. The largest absolute Gasteiger partial charge is 0.489 e. The Balaban J connectivity index is 1.60. The fourth-order valence-electron chi connectivity index (χ4n) is 4.64. The van der Waals surface area contributed by atoms with E-state index in [1.54, 1.807) is 0 Å². The van der Waals surface area contributed by atoms with E-state index in [-0.39, 0.29) is 36.5 Å². The number of aliphatic hydroxyl groups is 1. The highest BCUT2D eigenvalue weighted by atomic mass is 19.1. The molecule has 5 nitrogen and oxygen atoms in total. The number of rotatable bonds is 9. The molecule has 0 saturated heterocycles. The molecule has 2 bridgehead atoms. The molecule has 0 atom stereocenters. The van der Waals surface area contributed by atoms with Crippen LogP contribution in [-0.2, 0) is 10.2 Å². The minimum atomic E-state index is -0.225. The maximum Gasteiger partial charge on any atom is 0.226 e. The first kappa shape index (κ1) is 20.8. The zero-order valence-electron chi connectivity index (χ0n) is 16.4. The number of carbonyl (C=O) groups is 1. The van der Waals surface area contributed by atoms with Crippen molar-refractivity contribution < 1.29 is 19.0 Å². The number of hydrogen-bond donors (Lipinski definition) is 3. The summed E-state index contributed by atoms with van der Waals surface area (Å²) in [5.41, 5.74) is 7.09. The average molecular weight is 390 g/mol. The first-order valence-electron chi connectivity index (χ1n) is 10.2. The molecule has 154 valence electrons. The van der Waals surface area contributed by atoms with Crippen LogP contribution in [0.1, 0.15) is 50.5 Å². The quantitative estimate of drug-likeness (QED) is 0.566. The summed E-state index contributed by atoms with van der Waals surface area (Å²) < 4.78 is 18.2. The van der Waals surface area contributed by atoms with Gasteiger partial charge in [-0.1, -0.05) is 12.1 Å². The van der Waals surface area contributed by atoms with Crippen LogP contribution in [0.5, 0.6) is 5.75 Å². The molecule has 4 rings (SSSR count). The van der Waals surface area contributed by atoms with Crippen LogP contribution in [0.15, 0.2) is 36.2 Å². The summed E-state index contributed by atoms with van der Waals surface area (Å²) in [5, 5.41) is 11.9. The first-order chi connectivity index (χ1) is 13.6. The molecular formula is C22H31FN2O3. The number of carbonyl (C=O) groups excluding carboxylic acids is 1. The van der Waals surface area contributed by atoms with Gasteiger partial charge in [0.2, 0.25) is 5.91 Å². The van der Waals surface area contributed by atoms with Crippen molar-refractivity contribution >= 4 is 5.91 Å². The van der Waals surface area contributed by atoms with Crippen molar-refractivity contribution in [3.05, 3.63) is 41.7 Å². The fraction of sp³-hybridized carbons (Fsp3) is 0.591. The second kappa shape index (κ2) is 9.05. The molecule has 4 N–H and O–H groups in total. The summed E-state index contributed by atoms with van der Waals surface area (Å²) in [7, 11) is 0. The smallest absolute Gasteiger partial charge is 0.226 e. The lowest BCUT2D eigenvalue weighted by atomic mass is 9.51. The van der Waals surface area contributed by atoms with Crippen molar-refractivity contribution in [2.24, 2.45) is 11.1 Å². The molecule has 0 heterocycles. The van der Waals surface area contributed by atoms with E-state index in [1.807, 2.05) is 12.1 Å². The van der Waals surface area contributed by atoms with E-state index in [0.717, 1.165) is 38.5 Å². The number of nitrogens with two attached hydrogens (primary N) is 1. The van der Waals surface area contributed by atoms with E-state index in [2.05, 4.69) is 17.4 Å². The van der Waals surface area contributed by atoms with E-state index < -0.39 is 0 Å². The van der Waals surface area contributed by atoms with E-state index in [4.69, 9.17) is 15.6 Å². The lowest BCUT2D eigenvalue weighted by Gasteiger charge is -2.52. The number of ether oxygens (including phenoxy) is 1. The van der Waals surface area contributed by atoms with Crippen LogP contribution in [0.25, 0.3) is 0 Å². The zero-order valence-corrected chi connectivity index (χ0v) is 16.4. The van der Waals surface area contributed by atoms with Gasteiger partial charge in [-0.2, -0.15) is 0 Å². The number of hydrogen-bond acceptors (Lipinski definition) is 4. The Bertz CT molecular complexity index is 678. The molecule has 0 spiro atoms. The zero-order chi connectivity index (χ0) is 20.0. The molecular weight excluding hydrogens is 359 g/mol. The number of aliphatic hydroxyl groups excluding tert-OH is 1. The Morgan fingerprint density at radius 1 is 1.18 bits per heavy atom. The lowest BCUT2D eigenvalue weighted by molar-refractivity contribution is -0.137. The Kier molecular flexibility index (Phi) is 6.73. The summed E-state index contributed by atoms with van der Waals surface area (Å²) in [6.07, 6.45) is 6.90. The van der Waals surface area contributed by atoms with Crippen molar-refractivity contribution in [1.29, 1.82) is 0 Å². The van der Waals surface area contributed by atoms with Gasteiger partial charge in [-0.3, -0.25) is 4.79 Å². The Hall–Kier alpha value is -1.92. The highest BCUT2D eigenvalue weighted by Crippen LogP contribution is 2.57. The van der Waals surface area contributed by atoms with Gasteiger partial charge in [0.1, 0.15) is 12.4 Å². The molecule has 1 aromatic carbocycles. The molecule has 3 aliphatic carbocycles. The highest BCUT2D eigenvalue weighted by Gasteiger charge is 2.52. The molecule has 3 saturated carbocycles. The molecule has 3 aliphatic rings. The average Bonchev–Trinajstić information content (AvgIpc) is 2.76. The van der Waals surface area contributed by atoms with Crippen molar-refractivity contribution in [2.45, 2.75) is 50.4 Å².